The van der Waals surface area contributed by atoms with Crippen molar-refractivity contribution in [1.29, 1.82) is 0 Å². The van der Waals surface area contributed by atoms with Gasteiger partial charge in [0.15, 0.2) is 0 Å². The van der Waals surface area contributed by atoms with Crippen molar-refractivity contribution < 1.29 is 9.47 Å². The van der Waals surface area contributed by atoms with Gasteiger partial charge in [-0.15, -0.1) is 0 Å². The molecule has 1 aromatic carbocycles. The Labute approximate surface area is 96.5 Å². The fourth-order valence-corrected chi connectivity index (χ4v) is 1.91. The van der Waals surface area contributed by atoms with E-state index in [1.54, 1.807) is 0 Å². The second-order valence-electron chi connectivity index (χ2n) is 4.43. The molecule has 3 nitrogen and oxygen atoms in total. The lowest BCUT2D eigenvalue weighted by molar-refractivity contribution is 0.140. The lowest BCUT2D eigenvalue weighted by atomic mass is 10.1. The molecule has 88 valence electrons. The van der Waals surface area contributed by atoms with E-state index in [0.717, 1.165) is 24.3 Å². The molecule has 3 heteroatoms. The number of benzene rings is 1. The van der Waals surface area contributed by atoms with Gasteiger partial charge < -0.3 is 15.2 Å². The van der Waals surface area contributed by atoms with Crippen LogP contribution in [0.5, 0.6) is 5.75 Å². The van der Waals surface area contributed by atoms with Crippen LogP contribution in [0.3, 0.4) is 0 Å². The number of rotatable bonds is 3. The van der Waals surface area contributed by atoms with E-state index in [4.69, 9.17) is 15.2 Å². The van der Waals surface area contributed by atoms with Gasteiger partial charge in [0.2, 0.25) is 0 Å². The van der Waals surface area contributed by atoms with Gasteiger partial charge in [-0.25, -0.2) is 0 Å². The highest BCUT2D eigenvalue weighted by Gasteiger charge is 2.19. The molecule has 2 N–H and O–H groups in total. The van der Waals surface area contributed by atoms with Gasteiger partial charge in [-0.3, -0.25) is 0 Å². The second kappa shape index (κ2) is 4.85. The molecular weight excluding hydrogens is 202 g/mol. The summed E-state index contributed by atoms with van der Waals surface area (Å²) in [5, 5.41) is 0. The molecule has 2 atom stereocenters. The summed E-state index contributed by atoms with van der Waals surface area (Å²) in [4.78, 5) is 0. The van der Waals surface area contributed by atoms with Crippen LogP contribution in [0.4, 0.5) is 0 Å². The normalized spacial score (nSPS) is 22.1. The molecule has 1 aliphatic rings. The highest BCUT2D eigenvalue weighted by Crippen LogP contribution is 2.27. The minimum Gasteiger partial charge on any atom is -0.488 e. The third kappa shape index (κ3) is 2.54. The average molecular weight is 221 g/mol. The molecule has 16 heavy (non-hydrogen) atoms. The number of nitrogens with two attached hydrogens (primary N) is 1. The molecule has 1 aliphatic heterocycles. The van der Waals surface area contributed by atoms with Crippen LogP contribution in [0.15, 0.2) is 18.2 Å². The van der Waals surface area contributed by atoms with Gasteiger partial charge >= 0.3 is 0 Å². The van der Waals surface area contributed by atoms with Crippen LogP contribution >= 0.6 is 0 Å². The van der Waals surface area contributed by atoms with Gasteiger partial charge in [0.05, 0.1) is 13.2 Å². The number of ether oxygens (including phenoxy) is 2. The molecule has 0 bridgehead atoms. The summed E-state index contributed by atoms with van der Waals surface area (Å²) >= 11 is 0. The molecule has 0 aliphatic carbocycles. The fourth-order valence-electron chi connectivity index (χ4n) is 1.91. The molecule has 0 spiro atoms. The summed E-state index contributed by atoms with van der Waals surface area (Å²) in [7, 11) is 0. The fraction of sp³-hybridized carbons (Fsp3) is 0.538. The molecule has 1 saturated heterocycles. The van der Waals surface area contributed by atoms with Crippen LogP contribution in [-0.4, -0.2) is 19.3 Å². The minimum atomic E-state index is -0.00192. The summed E-state index contributed by atoms with van der Waals surface area (Å²) in [6, 6.07) is 6.16. The molecular formula is C13H19NO2. The maximum Gasteiger partial charge on any atom is 0.124 e. The van der Waals surface area contributed by atoms with Crippen LogP contribution in [0.1, 0.15) is 30.5 Å². The Balaban J connectivity index is 2.19. The summed E-state index contributed by atoms with van der Waals surface area (Å²) in [5.74, 6) is 0.908. The average Bonchev–Trinajstić information content (AvgIpc) is 2.70. The lowest BCUT2D eigenvalue weighted by Gasteiger charge is -2.18. The zero-order valence-electron chi connectivity index (χ0n) is 9.90. The van der Waals surface area contributed by atoms with Gasteiger partial charge in [-0.1, -0.05) is 12.1 Å². The highest BCUT2D eigenvalue weighted by molar-refractivity contribution is 5.39. The van der Waals surface area contributed by atoms with Crippen LogP contribution in [0.2, 0.25) is 0 Å². The molecule has 1 fully saturated rings. The first-order valence-corrected chi connectivity index (χ1v) is 5.77. The highest BCUT2D eigenvalue weighted by atomic mass is 16.5. The standard InChI is InChI=1S/C13H19NO2/c1-9-3-4-12(10(2)14)13(7-9)16-11-5-6-15-8-11/h3-4,7,10-11H,5-6,8,14H2,1-2H3. The van der Waals surface area contributed by atoms with Crippen LogP contribution in [0.25, 0.3) is 0 Å². The quantitative estimate of drug-likeness (QED) is 0.850. The molecule has 2 unspecified atom stereocenters. The molecule has 0 aromatic heterocycles. The first kappa shape index (κ1) is 11.4. The Hall–Kier alpha value is -1.06. The third-order valence-electron chi connectivity index (χ3n) is 2.84. The summed E-state index contributed by atoms with van der Waals surface area (Å²) in [6.07, 6.45) is 1.14. The monoisotopic (exact) mass is 221 g/mol. The van der Waals surface area contributed by atoms with Crippen LogP contribution < -0.4 is 10.5 Å². The molecule has 0 radical (unpaired) electrons. The van der Waals surface area contributed by atoms with Gasteiger partial charge in [0.25, 0.3) is 0 Å². The Bertz CT molecular complexity index is 357. The van der Waals surface area contributed by atoms with Crippen LogP contribution in [-0.2, 0) is 4.74 Å². The smallest absolute Gasteiger partial charge is 0.124 e. The van der Waals surface area contributed by atoms with E-state index in [-0.39, 0.29) is 12.1 Å². The van der Waals surface area contributed by atoms with E-state index < -0.39 is 0 Å². The van der Waals surface area contributed by atoms with Crippen molar-refractivity contribution in [1.82, 2.24) is 0 Å². The SMILES string of the molecule is Cc1ccc(C(C)N)c(OC2CCOC2)c1. The lowest BCUT2D eigenvalue weighted by Crippen LogP contribution is -2.18. The van der Waals surface area contributed by atoms with Gasteiger partial charge in [0.1, 0.15) is 11.9 Å². The Kier molecular flexibility index (Phi) is 3.46. The molecule has 1 aromatic rings. The first-order chi connectivity index (χ1) is 7.66. The van der Waals surface area contributed by atoms with E-state index in [0.29, 0.717) is 6.61 Å². The Morgan fingerprint density at radius 2 is 2.31 bits per heavy atom. The summed E-state index contributed by atoms with van der Waals surface area (Å²) in [5.41, 5.74) is 8.19. The van der Waals surface area contributed by atoms with Crippen molar-refractivity contribution in [3.8, 4) is 5.75 Å². The number of hydrogen-bond acceptors (Lipinski definition) is 3. The summed E-state index contributed by atoms with van der Waals surface area (Å²) < 4.78 is 11.2. The Morgan fingerprint density at radius 3 is 2.94 bits per heavy atom. The Morgan fingerprint density at radius 1 is 1.50 bits per heavy atom. The van der Waals surface area contributed by atoms with E-state index in [9.17, 15) is 0 Å². The van der Waals surface area contributed by atoms with Crippen molar-refractivity contribution >= 4 is 0 Å². The second-order valence-corrected chi connectivity index (χ2v) is 4.43. The maximum atomic E-state index is 5.94. The predicted octanol–water partition coefficient (Wildman–Crippen LogP) is 2.18. The zero-order valence-corrected chi connectivity index (χ0v) is 9.90. The van der Waals surface area contributed by atoms with E-state index in [1.807, 2.05) is 13.0 Å². The molecule has 0 amide bonds. The summed E-state index contributed by atoms with van der Waals surface area (Å²) in [6.45, 7) is 5.52. The van der Waals surface area contributed by atoms with E-state index in [1.165, 1.54) is 5.56 Å². The number of hydrogen-bond donors (Lipinski definition) is 1. The van der Waals surface area contributed by atoms with Gasteiger partial charge in [-0.05, 0) is 25.5 Å². The van der Waals surface area contributed by atoms with E-state index >= 15 is 0 Å². The van der Waals surface area contributed by atoms with Crippen molar-refractivity contribution in [3.63, 3.8) is 0 Å². The van der Waals surface area contributed by atoms with Crippen LogP contribution in [0, 0.1) is 6.92 Å². The molecule has 2 rings (SSSR count). The van der Waals surface area contributed by atoms with Crippen molar-refractivity contribution in [2.24, 2.45) is 5.73 Å². The van der Waals surface area contributed by atoms with Gasteiger partial charge in [-0.2, -0.15) is 0 Å². The molecule has 0 saturated carbocycles. The van der Waals surface area contributed by atoms with E-state index in [2.05, 4.69) is 19.1 Å². The minimum absolute atomic E-state index is 0.00192. The molecule has 1 heterocycles. The first-order valence-electron chi connectivity index (χ1n) is 5.77. The third-order valence-corrected chi connectivity index (χ3v) is 2.84. The van der Waals surface area contributed by atoms with Crippen molar-refractivity contribution in [2.45, 2.75) is 32.4 Å². The largest absolute Gasteiger partial charge is 0.488 e. The zero-order chi connectivity index (χ0) is 11.5. The van der Waals surface area contributed by atoms with Crippen molar-refractivity contribution in [2.75, 3.05) is 13.2 Å². The predicted molar refractivity (Wildman–Crippen MR) is 63.6 cm³/mol. The topological polar surface area (TPSA) is 44.5 Å². The van der Waals surface area contributed by atoms with Gasteiger partial charge in [0, 0.05) is 18.0 Å². The number of aryl methyl sites for hydroxylation is 1. The maximum absolute atomic E-state index is 5.94. The van der Waals surface area contributed by atoms with Crippen molar-refractivity contribution in [3.05, 3.63) is 29.3 Å².